The Bertz CT molecular complexity index is 424. The molecule has 0 aromatic carbocycles. The summed E-state index contributed by atoms with van der Waals surface area (Å²) in [6.45, 7) is 10.8. The molecule has 7 heteroatoms. The number of amides is 2. The lowest BCUT2D eigenvalue weighted by Gasteiger charge is -2.27. The van der Waals surface area contributed by atoms with E-state index < -0.39 is 35.9 Å². The fourth-order valence-electron chi connectivity index (χ4n) is 2.01. The van der Waals surface area contributed by atoms with Crippen LogP contribution in [0.3, 0.4) is 0 Å². The van der Waals surface area contributed by atoms with E-state index in [9.17, 15) is 19.5 Å². The number of nitrogens with two attached hydrogens (primary N) is 1. The van der Waals surface area contributed by atoms with Crippen molar-refractivity contribution in [2.24, 2.45) is 23.5 Å². The number of carbonyl (C=O) groups excluding carboxylic acids is 2. The molecular weight excluding hydrogens is 298 g/mol. The van der Waals surface area contributed by atoms with Gasteiger partial charge in [0.25, 0.3) is 0 Å². The summed E-state index contributed by atoms with van der Waals surface area (Å²) in [5.74, 6) is -2.46. The molecule has 0 spiro atoms. The largest absolute Gasteiger partial charge is 0.480 e. The van der Waals surface area contributed by atoms with E-state index in [1.54, 1.807) is 20.8 Å². The first kappa shape index (κ1) is 21.4. The van der Waals surface area contributed by atoms with E-state index in [1.807, 2.05) is 20.8 Å². The number of hydrogen-bond acceptors (Lipinski definition) is 4. The monoisotopic (exact) mass is 329 g/mol. The van der Waals surface area contributed by atoms with Crippen molar-refractivity contribution in [2.75, 3.05) is 0 Å². The Morgan fingerprint density at radius 2 is 1.39 bits per heavy atom. The highest BCUT2D eigenvalue weighted by Gasteiger charge is 2.32. The number of hydrogen-bond donors (Lipinski definition) is 4. The molecule has 0 saturated carbocycles. The number of rotatable bonds is 9. The molecule has 2 amide bonds. The van der Waals surface area contributed by atoms with E-state index >= 15 is 0 Å². The zero-order valence-corrected chi connectivity index (χ0v) is 14.9. The summed E-state index contributed by atoms with van der Waals surface area (Å²) in [6, 6.07) is -2.52. The molecule has 0 aromatic rings. The molecule has 0 fully saturated rings. The molecule has 0 aliphatic heterocycles. The van der Waals surface area contributed by atoms with Crippen molar-refractivity contribution in [1.82, 2.24) is 10.6 Å². The lowest BCUT2D eigenvalue weighted by atomic mass is 9.96. The van der Waals surface area contributed by atoms with Gasteiger partial charge in [0.15, 0.2) is 0 Å². The van der Waals surface area contributed by atoms with Crippen LogP contribution in [0.1, 0.15) is 48.0 Å². The molecule has 0 saturated heterocycles. The summed E-state index contributed by atoms with van der Waals surface area (Å²) < 4.78 is 0. The number of carbonyl (C=O) groups is 3. The van der Waals surface area contributed by atoms with Gasteiger partial charge in [-0.15, -0.1) is 0 Å². The summed E-state index contributed by atoms with van der Waals surface area (Å²) >= 11 is 0. The zero-order chi connectivity index (χ0) is 18.3. The van der Waals surface area contributed by atoms with E-state index in [1.165, 1.54) is 0 Å². The maximum absolute atomic E-state index is 12.4. The summed E-state index contributed by atoms with van der Waals surface area (Å²) in [7, 11) is 0. The normalized spacial score (nSPS) is 16.6. The maximum atomic E-state index is 12.4. The van der Waals surface area contributed by atoms with Crippen LogP contribution < -0.4 is 16.4 Å². The van der Waals surface area contributed by atoms with Crippen molar-refractivity contribution in [2.45, 2.75) is 66.1 Å². The Morgan fingerprint density at radius 3 is 1.74 bits per heavy atom. The van der Waals surface area contributed by atoms with Gasteiger partial charge in [0, 0.05) is 0 Å². The average Bonchev–Trinajstić information content (AvgIpc) is 2.47. The van der Waals surface area contributed by atoms with Crippen LogP contribution in [0, 0.1) is 17.8 Å². The van der Waals surface area contributed by atoms with Crippen LogP contribution >= 0.6 is 0 Å². The van der Waals surface area contributed by atoms with Gasteiger partial charge >= 0.3 is 5.97 Å². The molecule has 5 N–H and O–H groups in total. The molecule has 7 nitrogen and oxygen atoms in total. The number of carboxylic acid groups (broad SMARTS) is 1. The third kappa shape index (κ3) is 6.56. The van der Waals surface area contributed by atoms with Gasteiger partial charge in [-0.2, -0.15) is 0 Å². The van der Waals surface area contributed by atoms with E-state index in [0.29, 0.717) is 6.42 Å². The summed E-state index contributed by atoms with van der Waals surface area (Å²) in [4.78, 5) is 35.8. The molecule has 0 aromatic heterocycles. The van der Waals surface area contributed by atoms with Gasteiger partial charge in [-0.25, -0.2) is 4.79 Å². The smallest absolute Gasteiger partial charge is 0.326 e. The third-order valence-corrected chi connectivity index (χ3v) is 4.04. The van der Waals surface area contributed by atoms with Crippen molar-refractivity contribution in [3.63, 3.8) is 0 Å². The van der Waals surface area contributed by atoms with Crippen LogP contribution in [-0.4, -0.2) is 41.0 Å². The van der Waals surface area contributed by atoms with Gasteiger partial charge in [0.2, 0.25) is 11.8 Å². The number of carboxylic acids is 1. The summed E-state index contributed by atoms with van der Waals surface area (Å²) in [5.41, 5.74) is 5.79. The predicted molar refractivity (Wildman–Crippen MR) is 88.6 cm³/mol. The number of nitrogens with one attached hydrogen (secondary N) is 2. The minimum atomic E-state index is -1.08. The second-order valence-electron chi connectivity index (χ2n) is 6.71. The summed E-state index contributed by atoms with van der Waals surface area (Å²) in [6.07, 6.45) is 0.619. The molecule has 0 heterocycles. The first-order valence-corrected chi connectivity index (χ1v) is 8.11. The van der Waals surface area contributed by atoms with Gasteiger partial charge in [-0.3, -0.25) is 9.59 Å². The molecule has 23 heavy (non-hydrogen) atoms. The molecule has 0 aliphatic rings. The highest BCUT2D eigenvalue weighted by Crippen LogP contribution is 2.10. The SMILES string of the molecule is CC[C@H](C)[C@H](NC(=O)[C@@H](NC(=O)[C@@H](N)C(C)C)C(C)C)C(=O)O. The average molecular weight is 329 g/mol. The molecule has 0 radical (unpaired) electrons. The minimum absolute atomic E-state index is 0.0576. The first-order valence-electron chi connectivity index (χ1n) is 8.11. The van der Waals surface area contributed by atoms with Gasteiger partial charge < -0.3 is 21.5 Å². The Balaban J connectivity index is 5.06. The van der Waals surface area contributed by atoms with Gasteiger partial charge in [-0.1, -0.05) is 48.0 Å². The van der Waals surface area contributed by atoms with E-state index in [-0.39, 0.29) is 17.8 Å². The molecular formula is C16H31N3O4. The van der Waals surface area contributed by atoms with Gasteiger partial charge in [0.1, 0.15) is 12.1 Å². The minimum Gasteiger partial charge on any atom is -0.480 e. The lowest BCUT2D eigenvalue weighted by Crippen LogP contribution is -2.57. The highest BCUT2D eigenvalue weighted by molar-refractivity contribution is 5.92. The van der Waals surface area contributed by atoms with Crippen molar-refractivity contribution >= 4 is 17.8 Å². The Labute approximate surface area is 138 Å². The van der Waals surface area contributed by atoms with Crippen LogP contribution in [0.15, 0.2) is 0 Å². The van der Waals surface area contributed by atoms with E-state index in [0.717, 1.165) is 0 Å². The predicted octanol–water partition coefficient (Wildman–Crippen LogP) is 0.726. The molecule has 0 aliphatic carbocycles. The first-order chi connectivity index (χ1) is 10.5. The van der Waals surface area contributed by atoms with Gasteiger partial charge in [0.05, 0.1) is 6.04 Å². The number of aliphatic carboxylic acids is 1. The zero-order valence-electron chi connectivity index (χ0n) is 14.9. The Morgan fingerprint density at radius 1 is 0.913 bits per heavy atom. The Kier molecular flexibility index (Phi) is 8.82. The molecule has 0 bridgehead atoms. The van der Waals surface area contributed by atoms with Gasteiger partial charge in [-0.05, 0) is 17.8 Å². The fourth-order valence-corrected chi connectivity index (χ4v) is 2.01. The van der Waals surface area contributed by atoms with Crippen LogP contribution in [-0.2, 0) is 14.4 Å². The topological polar surface area (TPSA) is 122 Å². The van der Waals surface area contributed by atoms with E-state index in [4.69, 9.17) is 5.73 Å². The van der Waals surface area contributed by atoms with Crippen LogP contribution in [0.25, 0.3) is 0 Å². The molecule has 4 atom stereocenters. The van der Waals surface area contributed by atoms with Crippen LogP contribution in [0.2, 0.25) is 0 Å². The lowest BCUT2D eigenvalue weighted by molar-refractivity contribution is -0.144. The Hall–Kier alpha value is -1.63. The summed E-state index contributed by atoms with van der Waals surface area (Å²) in [5, 5.41) is 14.4. The standard InChI is InChI=1S/C16H31N3O4/c1-7-10(6)13(16(22)23)19-15(21)12(9(4)5)18-14(20)11(17)8(2)3/h8-13H,7,17H2,1-6H3,(H,18,20)(H,19,21)(H,22,23)/t10-,11-,12-,13-/m0/s1. The highest BCUT2D eigenvalue weighted by atomic mass is 16.4. The second kappa shape index (κ2) is 9.50. The molecule has 0 rings (SSSR count). The van der Waals surface area contributed by atoms with Crippen molar-refractivity contribution < 1.29 is 19.5 Å². The van der Waals surface area contributed by atoms with Crippen molar-refractivity contribution in [3.05, 3.63) is 0 Å². The fraction of sp³-hybridized carbons (Fsp3) is 0.812. The van der Waals surface area contributed by atoms with Crippen LogP contribution in [0.4, 0.5) is 0 Å². The van der Waals surface area contributed by atoms with E-state index in [2.05, 4.69) is 10.6 Å². The quantitative estimate of drug-likeness (QED) is 0.497. The van der Waals surface area contributed by atoms with Crippen molar-refractivity contribution in [1.29, 1.82) is 0 Å². The maximum Gasteiger partial charge on any atom is 0.326 e. The second-order valence-corrected chi connectivity index (χ2v) is 6.71. The molecule has 0 unspecified atom stereocenters. The van der Waals surface area contributed by atoms with Crippen LogP contribution in [0.5, 0.6) is 0 Å². The third-order valence-electron chi connectivity index (χ3n) is 4.04. The molecule has 134 valence electrons. The van der Waals surface area contributed by atoms with Crippen molar-refractivity contribution in [3.8, 4) is 0 Å².